The lowest BCUT2D eigenvalue weighted by Crippen LogP contribution is -2.03. The Morgan fingerprint density at radius 2 is 2.62 bits per heavy atom. The second-order valence-corrected chi connectivity index (χ2v) is 1.42. The highest BCUT2D eigenvalue weighted by molar-refractivity contribution is 5.71. The average Bonchev–Trinajstić information content (AvgIpc) is 1.90. The van der Waals surface area contributed by atoms with Gasteiger partial charge in [0.25, 0.3) is 0 Å². The topological polar surface area (TPSA) is 21.6 Å². The van der Waals surface area contributed by atoms with Crippen molar-refractivity contribution in [2.75, 3.05) is 7.11 Å². The van der Waals surface area contributed by atoms with Gasteiger partial charge in [0, 0.05) is 19.4 Å². The minimum Gasteiger partial charge on any atom is -0.355 e. The molecular weight excluding hydrogens is 102 g/mol. The van der Waals surface area contributed by atoms with Crippen molar-refractivity contribution in [3.63, 3.8) is 0 Å². The average molecular weight is 109 g/mol. The van der Waals surface area contributed by atoms with E-state index in [4.69, 9.17) is 4.74 Å². The second kappa shape index (κ2) is 2.46. The molecule has 0 bridgehead atoms. The maximum absolute atomic E-state index is 4.86. The van der Waals surface area contributed by atoms with E-state index in [0.717, 1.165) is 0 Å². The summed E-state index contributed by atoms with van der Waals surface area (Å²) in [6, 6.07) is 0. The Morgan fingerprint density at radius 1 is 1.75 bits per heavy atom. The van der Waals surface area contributed by atoms with Crippen LogP contribution in [0, 0.1) is 0 Å². The molecule has 0 aromatic rings. The molecule has 0 aromatic carbocycles. The molecule has 1 rings (SSSR count). The lowest BCUT2D eigenvalue weighted by atomic mass is 10.4. The lowest BCUT2D eigenvalue weighted by Gasteiger charge is -2.02. The van der Waals surface area contributed by atoms with E-state index in [-0.39, 0.29) is 6.23 Å². The van der Waals surface area contributed by atoms with Crippen LogP contribution >= 0.6 is 0 Å². The van der Waals surface area contributed by atoms with Crippen molar-refractivity contribution >= 4 is 6.21 Å². The molecule has 1 unspecified atom stereocenters. The Bertz CT molecular complexity index is 154. The van der Waals surface area contributed by atoms with Crippen LogP contribution in [0.4, 0.5) is 0 Å². The van der Waals surface area contributed by atoms with Crippen LogP contribution < -0.4 is 0 Å². The summed E-state index contributed by atoms with van der Waals surface area (Å²) in [6.07, 6.45) is 5.07. The van der Waals surface area contributed by atoms with E-state index < -0.39 is 0 Å². The highest BCUT2D eigenvalue weighted by Crippen LogP contribution is 1.94. The van der Waals surface area contributed by atoms with Gasteiger partial charge in [-0.25, -0.2) is 0 Å². The molecule has 0 radical (unpaired) electrons. The smallest absolute Gasteiger partial charge is 0.174 e. The van der Waals surface area contributed by atoms with Crippen molar-refractivity contribution in [3.05, 3.63) is 17.9 Å². The number of ether oxygens (including phenoxy) is 1. The fourth-order valence-corrected chi connectivity index (χ4v) is 0.481. The van der Waals surface area contributed by atoms with Gasteiger partial charge in [-0.15, -0.1) is 5.73 Å². The third kappa shape index (κ3) is 1.06. The van der Waals surface area contributed by atoms with Crippen molar-refractivity contribution in [2.45, 2.75) is 6.23 Å². The molecule has 0 N–H and O–H groups in total. The van der Waals surface area contributed by atoms with Gasteiger partial charge >= 0.3 is 0 Å². The predicted molar refractivity (Wildman–Crippen MR) is 31.9 cm³/mol. The summed E-state index contributed by atoms with van der Waals surface area (Å²) in [5, 5.41) is 0. The van der Waals surface area contributed by atoms with Crippen LogP contribution in [-0.4, -0.2) is 19.6 Å². The van der Waals surface area contributed by atoms with Gasteiger partial charge < -0.3 is 4.74 Å². The van der Waals surface area contributed by atoms with Gasteiger partial charge in [-0.3, -0.25) is 4.99 Å². The van der Waals surface area contributed by atoms with Crippen molar-refractivity contribution in [2.24, 2.45) is 4.99 Å². The Morgan fingerprint density at radius 3 is 3.00 bits per heavy atom. The van der Waals surface area contributed by atoms with Crippen LogP contribution in [0.5, 0.6) is 0 Å². The standard InChI is InChI=1S/C6H7NO/c1-8-6-4-2-3-5-7-6/h3-6H,1H3. The molecular formula is C6H7NO. The molecule has 1 atom stereocenters. The van der Waals surface area contributed by atoms with E-state index in [1.807, 2.05) is 0 Å². The first-order valence-electron chi connectivity index (χ1n) is 2.40. The molecule has 0 fully saturated rings. The molecule has 0 aliphatic carbocycles. The van der Waals surface area contributed by atoms with E-state index in [2.05, 4.69) is 10.7 Å². The number of methoxy groups -OCH3 is 1. The maximum atomic E-state index is 4.86. The van der Waals surface area contributed by atoms with Crippen molar-refractivity contribution in [1.82, 2.24) is 0 Å². The monoisotopic (exact) mass is 109 g/mol. The molecule has 1 aliphatic heterocycles. The van der Waals surface area contributed by atoms with E-state index in [1.54, 1.807) is 25.5 Å². The molecule has 0 amide bonds. The Kier molecular flexibility index (Phi) is 1.62. The molecule has 2 heteroatoms. The van der Waals surface area contributed by atoms with Gasteiger partial charge in [0.1, 0.15) is 0 Å². The minimum atomic E-state index is -0.111. The molecule has 42 valence electrons. The first-order chi connectivity index (χ1) is 3.93. The third-order valence-electron chi connectivity index (χ3n) is 0.884. The van der Waals surface area contributed by atoms with Crippen molar-refractivity contribution in [1.29, 1.82) is 0 Å². The van der Waals surface area contributed by atoms with Gasteiger partial charge in [0.2, 0.25) is 0 Å². The molecule has 2 nitrogen and oxygen atoms in total. The number of hydrogen-bond donors (Lipinski definition) is 0. The van der Waals surface area contributed by atoms with Gasteiger partial charge in [0.05, 0.1) is 0 Å². The summed E-state index contributed by atoms with van der Waals surface area (Å²) >= 11 is 0. The number of aliphatic imine (C=N–C) groups is 1. The number of rotatable bonds is 1. The van der Waals surface area contributed by atoms with Crippen LogP contribution in [0.15, 0.2) is 22.9 Å². The molecule has 1 heterocycles. The Labute approximate surface area is 48.2 Å². The van der Waals surface area contributed by atoms with Crippen LogP contribution in [0.2, 0.25) is 0 Å². The number of nitrogens with zero attached hydrogens (tertiary/aromatic N) is 1. The summed E-state index contributed by atoms with van der Waals surface area (Å²) in [5.74, 6) is 0. The highest BCUT2D eigenvalue weighted by atomic mass is 16.5. The van der Waals surface area contributed by atoms with Crippen LogP contribution in [0.1, 0.15) is 0 Å². The molecule has 0 aromatic heterocycles. The van der Waals surface area contributed by atoms with Crippen LogP contribution in [0.3, 0.4) is 0 Å². The normalized spacial score (nSPS) is 24.4. The molecule has 0 saturated carbocycles. The van der Waals surface area contributed by atoms with Gasteiger partial charge in [-0.1, -0.05) is 0 Å². The van der Waals surface area contributed by atoms with E-state index in [0.29, 0.717) is 0 Å². The zero-order valence-corrected chi connectivity index (χ0v) is 4.66. The predicted octanol–water partition coefficient (Wildman–Crippen LogP) is 0.755. The minimum absolute atomic E-state index is 0.111. The van der Waals surface area contributed by atoms with E-state index in [9.17, 15) is 0 Å². The third-order valence-corrected chi connectivity index (χ3v) is 0.884. The molecule has 0 saturated heterocycles. The summed E-state index contributed by atoms with van der Waals surface area (Å²) in [7, 11) is 1.62. The lowest BCUT2D eigenvalue weighted by molar-refractivity contribution is 0.149. The Hall–Kier alpha value is -0.850. The summed E-state index contributed by atoms with van der Waals surface area (Å²) < 4.78 is 4.86. The van der Waals surface area contributed by atoms with E-state index in [1.165, 1.54) is 0 Å². The van der Waals surface area contributed by atoms with Gasteiger partial charge in [0.15, 0.2) is 6.23 Å². The number of hydrogen-bond acceptors (Lipinski definition) is 2. The molecule has 8 heavy (non-hydrogen) atoms. The summed E-state index contributed by atoms with van der Waals surface area (Å²) in [5.41, 5.74) is 2.86. The quantitative estimate of drug-likeness (QED) is 0.455. The van der Waals surface area contributed by atoms with Crippen LogP contribution in [0.25, 0.3) is 0 Å². The second-order valence-electron chi connectivity index (χ2n) is 1.42. The zero-order chi connectivity index (χ0) is 5.82. The van der Waals surface area contributed by atoms with Crippen molar-refractivity contribution < 1.29 is 4.74 Å². The van der Waals surface area contributed by atoms with Gasteiger partial charge in [-0.05, 0) is 6.08 Å². The SMILES string of the molecule is COC1C=C=CC=N1. The summed E-state index contributed by atoms with van der Waals surface area (Å²) in [4.78, 5) is 3.93. The largest absolute Gasteiger partial charge is 0.355 e. The first-order valence-corrected chi connectivity index (χ1v) is 2.40. The summed E-state index contributed by atoms with van der Waals surface area (Å²) in [6.45, 7) is 0. The zero-order valence-electron chi connectivity index (χ0n) is 4.66. The first kappa shape index (κ1) is 5.29. The maximum Gasteiger partial charge on any atom is 0.174 e. The fourth-order valence-electron chi connectivity index (χ4n) is 0.481. The van der Waals surface area contributed by atoms with E-state index >= 15 is 0 Å². The van der Waals surface area contributed by atoms with Gasteiger partial charge in [-0.2, -0.15) is 0 Å². The van der Waals surface area contributed by atoms with Crippen molar-refractivity contribution in [3.8, 4) is 0 Å². The molecule has 0 spiro atoms. The highest BCUT2D eigenvalue weighted by Gasteiger charge is 1.95. The van der Waals surface area contributed by atoms with Crippen LogP contribution in [-0.2, 0) is 4.74 Å². The molecule has 1 aliphatic rings. The fraction of sp³-hybridized carbons (Fsp3) is 0.333. The Balaban J connectivity index is 2.62.